The molecule has 3 aromatic rings. The first-order chi connectivity index (χ1) is 14.3. The van der Waals surface area contributed by atoms with Crippen LogP contribution in [0.15, 0.2) is 27.9 Å². The highest BCUT2D eigenvalue weighted by atomic mass is 32.2. The fourth-order valence-electron chi connectivity index (χ4n) is 2.90. The second kappa shape index (κ2) is 9.16. The van der Waals surface area contributed by atoms with Gasteiger partial charge in [0.25, 0.3) is 11.5 Å². The molecule has 0 aliphatic rings. The Morgan fingerprint density at radius 3 is 2.70 bits per heavy atom. The van der Waals surface area contributed by atoms with Crippen molar-refractivity contribution in [1.29, 1.82) is 0 Å². The summed E-state index contributed by atoms with van der Waals surface area (Å²) < 4.78 is 6.76. The van der Waals surface area contributed by atoms with Crippen LogP contribution >= 0.6 is 11.8 Å². The number of fused-ring (bicyclic) bond motifs is 1. The zero-order chi connectivity index (χ0) is 21.8. The van der Waals surface area contributed by atoms with Crippen LogP contribution in [0, 0.1) is 6.92 Å². The summed E-state index contributed by atoms with van der Waals surface area (Å²) in [5.74, 6) is 1.43. The second-order valence-electron chi connectivity index (χ2n) is 7.02. The van der Waals surface area contributed by atoms with Gasteiger partial charge in [0, 0.05) is 31.5 Å². The number of thioether (sulfide) groups is 1. The summed E-state index contributed by atoms with van der Waals surface area (Å²) in [5, 5.41) is 5.86. The Morgan fingerprint density at radius 1 is 1.27 bits per heavy atom. The number of hydrogen-bond acceptors (Lipinski definition) is 7. The van der Waals surface area contributed by atoms with Gasteiger partial charge >= 0.3 is 0 Å². The average molecular weight is 433 g/mol. The Labute approximate surface area is 176 Å². The van der Waals surface area contributed by atoms with Crippen molar-refractivity contribution in [2.45, 2.75) is 38.6 Å². The van der Waals surface area contributed by atoms with Gasteiger partial charge in [-0.15, -0.1) is 11.8 Å². The largest absolute Gasteiger partial charge is 0.442 e. The number of furan rings is 1. The summed E-state index contributed by atoms with van der Waals surface area (Å²) >= 11 is 1.44. The Kier molecular flexibility index (Phi) is 6.60. The second-order valence-corrected chi connectivity index (χ2v) is 8.01. The Bertz CT molecular complexity index is 1100. The maximum absolute atomic E-state index is 12.8. The topological polar surface area (TPSA) is 135 Å². The molecular formula is C19H24N6O4S. The molecule has 0 aliphatic heterocycles. The molecule has 10 nitrogen and oxygen atoms in total. The Morgan fingerprint density at radius 2 is 2.00 bits per heavy atom. The number of nitrogens with zero attached hydrogens (tertiary/aromatic N) is 3. The molecule has 3 heterocycles. The van der Waals surface area contributed by atoms with Crippen molar-refractivity contribution in [3.05, 3.63) is 46.2 Å². The van der Waals surface area contributed by atoms with Gasteiger partial charge in [-0.3, -0.25) is 14.4 Å². The van der Waals surface area contributed by atoms with Gasteiger partial charge in [0.2, 0.25) is 11.6 Å². The molecule has 0 spiro atoms. The Balaban J connectivity index is 1.59. The number of carbonyl (C=O) groups excluding carboxylic acids is 2. The van der Waals surface area contributed by atoms with Crippen molar-refractivity contribution in [2.75, 3.05) is 5.75 Å². The third-order valence-electron chi connectivity index (χ3n) is 4.70. The summed E-state index contributed by atoms with van der Waals surface area (Å²) in [6.45, 7) is 5.20. The van der Waals surface area contributed by atoms with Crippen LogP contribution in [0.2, 0.25) is 0 Å². The summed E-state index contributed by atoms with van der Waals surface area (Å²) in [6.07, 6.45) is 4.75. The molecule has 3 N–H and O–H groups in total. The fraction of sp³-hybridized carbons (Fsp3) is 0.421. The lowest BCUT2D eigenvalue weighted by molar-refractivity contribution is -0.119. The summed E-state index contributed by atoms with van der Waals surface area (Å²) in [7, 11) is 1.56. The van der Waals surface area contributed by atoms with Crippen LogP contribution in [0.4, 0.5) is 0 Å². The molecule has 0 saturated heterocycles. The van der Waals surface area contributed by atoms with Gasteiger partial charge in [-0.05, 0) is 20.8 Å². The number of hydrogen-bond donors (Lipinski definition) is 3. The van der Waals surface area contributed by atoms with Crippen molar-refractivity contribution in [3.63, 3.8) is 0 Å². The van der Waals surface area contributed by atoms with E-state index in [2.05, 4.69) is 25.6 Å². The minimum atomic E-state index is -0.447. The van der Waals surface area contributed by atoms with Crippen LogP contribution in [-0.4, -0.2) is 49.2 Å². The van der Waals surface area contributed by atoms with Gasteiger partial charge in [-0.1, -0.05) is 0 Å². The molecule has 0 fully saturated rings. The molecule has 0 radical (unpaired) electrons. The van der Waals surface area contributed by atoms with E-state index in [1.54, 1.807) is 40.2 Å². The molecule has 2 amide bonds. The Hall–Kier alpha value is -3.08. The highest BCUT2D eigenvalue weighted by molar-refractivity contribution is 7.99. The minimum Gasteiger partial charge on any atom is -0.442 e. The predicted molar refractivity (Wildman–Crippen MR) is 113 cm³/mol. The molecule has 30 heavy (non-hydrogen) atoms. The standard InChI is InChI=1S/C19H24N6O4S/c1-10(23-14(26)8-30-7-13-20-5-6-21-13)11(2)24-17(27)15-12(3)29-18-16(15)19(28)25(4)9-22-18/h5-6,9-11H,7-8H2,1-4H3,(H,20,21)(H,23,26)(H,24,27). The smallest absolute Gasteiger partial charge is 0.265 e. The van der Waals surface area contributed by atoms with Crippen molar-refractivity contribution in [2.24, 2.45) is 7.05 Å². The molecular weight excluding hydrogens is 408 g/mol. The number of rotatable bonds is 8. The van der Waals surface area contributed by atoms with Crippen LogP contribution < -0.4 is 16.2 Å². The molecule has 0 bridgehead atoms. The molecule has 2 atom stereocenters. The van der Waals surface area contributed by atoms with E-state index in [0.29, 0.717) is 11.5 Å². The van der Waals surface area contributed by atoms with Crippen LogP contribution in [0.5, 0.6) is 0 Å². The van der Waals surface area contributed by atoms with Gasteiger partial charge in [-0.25, -0.2) is 9.97 Å². The normalized spacial score (nSPS) is 13.2. The molecule has 3 rings (SSSR count). The number of imidazole rings is 1. The number of carbonyl (C=O) groups is 2. The molecule has 3 aromatic heterocycles. The molecule has 2 unspecified atom stereocenters. The number of H-pyrrole nitrogens is 1. The van der Waals surface area contributed by atoms with E-state index in [1.807, 2.05) is 0 Å². The van der Waals surface area contributed by atoms with Crippen molar-refractivity contribution in [1.82, 2.24) is 30.2 Å². The summed E-state index contributed by atoms with van der Waals surface area (Å²) in [4.78, 5) is 48.6. The van der Waals surface area contributed by atoms with E-state index < -0.39 is 5.91 Å². The third kappa shape index (κ3) is 4.73. The van der Waals surface area contributed by atoms with Crippen molar-refractivity contribution < 1.29 is 14.0 Å². The van der Waals surface area contributed by atoms with E-state index in [4.69, 9.17) is 4.42 Å². The van der Waals surface area contributed by atoms with Gasteiger partial charge in [-0.2, -0.15) is 0 Å². The van der Waals surface area contributed by atoms with E-state index in [-0.39, 0.29) is 46.0 Å². The van der Waals surface area contributed by atoms with Gasteiger partial charge in [0.1, 0.15) is 23.3 Å². The van der Waals surface area contributed by atoms with Gasteiger partial charge < -0.3 is 24.6 Å². The number of nitrogens with one attached hydrogen (secondary N) is 3. The molecule has 11 heteroatoms. The lowest BCUT2D eigenvalue weighted by atomic mass is 10.1. The zero-order valence-electron chi connectivity index (χ0n) is 17.2. The number of aromatic nitrogens is 4. The monoisotopic (exact) mass is 432 g/mol. The lowest BCUT2D eigenvalue weighted by Gasteiger charge is -2.22. The van der Waals surface area contributed by atoms with Crippen LogP contribution in [0.25, 0.3) is 11.1 Å². The summed E-state index contributed by atoms with van der Waals surface area (Å²) in [5.41, 5.74) is -0.0639. The van der Waals surface area contributed by atoms with Gasteiger partial charge in [0.05, 0.1) is 17.1 Å². The minimum absolute atomic E-state index is 0.128. The highest BCUT2D eigenvalue weighted by Gasteiger charge is 2.25. The lowest BCUT2D eigenvalue weighted by Crippen LogP contribution is -2.49. The predicted octanol–water partition coefficient (Wildman–Crippen LogP) is 1.11. The van der Waals surface area contributed by atoms with Crippen LogP contribution in [0.1, 0.15) is 35.8 Å². The molecule has 0 saturated carbocycles. The van der Waals surface area contributed by atoms with Crippen molar-refractivity contribution in [3.8, 4) is 0 Å². The quantitative estimate of drug-likeness (QED) is 0.485. The van der Waals surface area contributed by atoms with Gasteiger partial charge in [0.15, 0.2) is 0 Å². The average Bonchev–Trinajstić information content (AvgIpc) is 3.32. The third-order valence-corrected chi connectivity index (χ3v) is 5.64. The SMILES string of the molecule is Cc1oc2ncn(C)c(=O)c2c1C(=O)NC(C)C(C)NC(=O)CSCc1ncc[nH]1. The van der Waals surface area contributed by atoms with E-state index in [0.717, 1.165) is 5.82 Å². The van der Waals surface area contributed by atoms with E-state index in [1.165, 1.54) is 22.7 Å². The molecule has 0 aliphatic carbocycles. The first-order valence-corrected chi connectivity index (χ1v) is 10.5. The van der Waals surface area contributed by atoms with Crippen LogP contribution in [0.3, 0.4) is 0 Å². The molecule has 160 valence electrons. The molecule has 0 aromatic carbocycles. The van der Waals surface area contributed by atoms with E-state index in [9.17, 15) is 14.4 Å². The number of aromatic amines is 1. The first-order valence-electron chi connectivity index (χ1n) is 9.39. The summed E-state index contributed by atoms with van der Waals surface area (Å²) in [6, 6.07) is -0.688. The number of amides is 2. The highest BCUT2D eigenvalue weighted by Crippen LogP contribution is 2.20. The van der Waals surface area contributed by atoms with E-state index >= 15 is 0 Å². The van der Waals surface area contributed by atoms with Crippen LogP contribution in [-0.2, 0) is 17.6 Å². The first kappa shape index (κ1) is 21.6. The van der Waals surface area contributed by atoms with Crippen molar-refractivity contribution >= 4 is 34.7 Å². The zero-order valence-corrected chi connectivity index (χ0v) is 18.0. The fourth-order valence-corrected chi connectivity index (χ4v) is 3.62. The maximum Gasteiger partial charge on any atom is 0.265 e. The number of aryl methyl sites for hydroxylation is 2. The maximum atomic E-state index is 12.8.